The zero-order valence-corrected chi connectivity index (χ0v) is 18.8. The minimum Gasteiger partial charge on any atom is -0.480 e. The van der Waals surface area contributed by atoms with E-state index in [1.807, 2.05) is 25.2 Å². The van der Waals surface area contributed by atoms with Crippen LogP contribution in [0.15, 0.2) is 58.7 Å². The molecule has 5 heteroatoms. The van der Waals surface area contributed by atoms with Gasteiger partial charge in [0, 0.05) is 19.0 Å². The van der Waals surface area contributed by atoms with Crippen molar-refractivity contribution in [1.29, 1.82) is 0 Å². The van der Waals surface area contributed by atoms with E-state index in [1.165, 1.54) is 41.4 Å². The molecule has 1 saturated heterocycles. The molecule has 2 rings (SSSR count). The minimum absolute atomic E-state index is 0.0543. The first-order valence-corrected chi connectivity index (χ1v) is 10.6. The lowest BCUT2D eigenvalue weighted by Crippen LogP contribution is -2.39. The van der Waals surface area contributed by atoms with Crippen LogP contribution in [0.1, 0.15) is 60.3 Å². The molecule has 0 aromatic rings. The average Bonchev–Trinajstić information content (AvgIpc) is 3.03. The summed E-state index contributed by atoms with van der Waals surface area (Å²) >= 11 is 0. The lowest BCUT2D eigenvalue weighted by atomic mass is 9.72. The highest BCUT2D eigenvalue weighted by molar-refractivity contribution is 5.92. The standard InChI is InChI=1S/C25H35NO4/c1-17(11-12-21-19(3)10-7-13-25(21,4)5)8-6-9-18(2)14-23(28)26-16-20(27)15-22(26)24(29)30/h6,8-9,11-12,14,20,22,27H,7,10,13,15-16H2,1-5H3,(H,29,30)/b9-6+,12-11+,17-8+,18-14+/t20-,22+/m1/s1. The summed E-state index contributed by atoms with van der Waals surface area (Å²) in [6, 6.07) is -0.963. The van der Waals surface area contributed by atoms with E-state index in [0.717, 1.165) is 11.1 Å². The molecule has 1 amide bonds. The fraction of sp³-hybridized carbons (Fsp3) is 0.520. The Balaban J connectivity index is 2.01. The third-order valence-corrected chi connectivity index (χ3v) is 5.97. The zero-order chi connectivity index (χ0) is 22.5. The average molecular weight is 414 g/mol. The highest BCUT2D eigenvalue weighted by Gasteiger charge is 2.38. The first-order chi connectivity index (χ1) is 14.0. The molecule has 0 saturated carbocycles. The molecular weight excluding hydrogens is 378 g/mol. The van der Waals surface area contributed by atoms with Crippen molar-refractivity contribution in [3.05, 3.63) is 58.7 Å². The largest absolute Gasteiger partial charge is 0.480 e. The van der Waals surface area contributed by atoms with Crippen LogP contribution >= 0.6 is 0 Å². The van der Waals surface area contributed by atoms with Crippen molar-refractivity contribution < 1.29 is 19.8 Å². The Morgan fingerprint density at radius 2 is 1.87 bits per heavy atom. The molecule has 1 aliphatic heterocycles. The van der Waals surface area contributed by atoms with Crippen molar-refractivity contribution >= 4 is 11.9 Å². The van der Waals surface area contributed by atoms with E-state index in [2.05, 4.69) is 32.9 Å². The molecule has 1 heterocycles. The molecule has 164 valence electrons. The fourth-order valence-corrected chi connectivity index (χ4v) is 4.25. The summed E-state index contributed by atoms with van der Waals surface area (Å²) in [7, 11) is 0. The molecule has 2 aliphatic rings. The Bertz CT molecular complexity index is 826. The number of rotatable bonds is 6. The van der Waals surface area contributed by atoms with E-state index in [-0.39, 0.29) is 24.3 Å². The van der Waals surface area contributed by atoms with Crippen LogP contribution in [0, 0.1) is 5.41 Å². The van der Waals surface area contributed by atoms with Gasteiger partial charge in [0.2, 0.25) is 5.91 Å². The maximum atomic E-state index is 12.4. The van der Waals surface area contributed by atoms with Crippen LogP contribution in [0.3, 0.4) is 0 Å². The number of carboxylic acids is 1. The number of aliphatic hydroxyl groups is 1. The number of hydrogen-bond acceptors (Lipinski definition) is 3. The number of aliphatic carboxylic acids is 1. The van der Waals surface area contributed by atoms with Crippen LogP contribution in [0.5, 0.6) is 0 Å². The summed E-state index contributed by atoms with van der Waals surface area (Å²) in [5, 5.41) is 18.9. The summed E-state index contributed by atoms with van der Waals surface area (Å²) in [4.78, 5) is 24.9. The van der Waals surface area contributed by atoms with Crippen molar-refractivity contribution in [3.63, 3.8) is 0 Å². The fourth-order valence-electron chi connectivity index (χ4n) is 4.25. The summed E-state index contributed by atoms with van der Waals surface area (Å²) in [6.07, 6.45) is 14.4. The molecule has 0 unspecified atom stereocenters. The number of nitrogens with zero attached hydrogens (tertiary/aromatic N) is 1. The van der Waals surface area contributed by atoms with E-state index < -0.39 is 18.1 Å². The van der Waals surface area contributed by atoms with Gasteiger partial charge in [0.1, 0.15) is 6.04 Å². The minimum atomic E-state index is -1.08. The van der Waals surface area contributed by atoms with E-state index >= 15 is 0 Å². The van der Waals surface area contributed by atoms with Crippen LogP contribution in [-0.2, 0) is 9.59 Å². The number of carboxylic acid groups (broad SMARTS) is 1. The number of β-amino-alcohol motifs (C(OH)–C–C–N with tert-alkyl or cyclic N) is 1. The van der Waals surface area contributed by atoms with Gasteiger partial charge in [-0.2, -0.15) is 0 Å². The monoisotopic (exact) mass is 413 g/mol. The number of allylic oxidation sites excluding steroid dienone is 9. The number of carbonyl (C=O) groups excluding carboxylic acids is 1. The smallest absolute Gasteiger partial charge is 0.326 e. The predicted molar refractivity (Wildman–Crippen MR) is 120 cm³/mol. The number of aliphatic hydroxyl groups excluding tert-OH is 1. The third-order valence-electron chi connectivity index (χ3n) is 5.97. The van der Waals surface area contributed by atoms with E-state index in [4.69, 9.17) is 0 Å². The van der Waals surface area contributed by atoms with Gasteiger partial charge >= 0.3 is 5.97 Å². The van der Waals surface area contributed by atoms with Crippen molar-refractivity contribution in [3.8, 4) is 0 Å². The number of amides is 1. The molecule has 0 aromatic heterocycles. The molecule has 0 radical (unpaired) electrons. The Morgan fingerprint density at radius 1 is 1.17 bits per heavy atom. The SMILES string of the molecule is CC1=C(/C=C/C(C)=C/C=C/C(C)=C/C(=O)N2C[C@H](O)C[C@H]2C(=O)O)C(C)(C)CCC1. The van der Waals surface area contributed by atoms with Gasteiger partial charge in [0.25, 0.3) is 0 Å². The first kappa shape index (κ1) is 23.9. The van der Waals surface area contributed by atoms with Gasteiger partial charge < -0.3 is 15.1 Å². The quantitative estimate of drug-likeness (QED) is 0.494. The van der Waals surface area contributed by atoms with E-state index in [1.54, 1.807) is 6.92 Å². The summed E-state index contributed by atoms with van der Waals surface area (Å²) in [5.41, 5.74) is 4.94. The maximum absolute atomic E-state index is 12.4. The normalized spacial score (nSPS) is 25.6. The number of carbonyl (C=O) groups is 2. The molecule has 5 nitrogen and oxygen atoms in total. The first-order valence-electron chi connectivity index (χ1n) is 10.6. The Hall–Kier alpha value is -2.40. The molecule has 0 bridgehead atoms. The van der Waals surface area contributed by atoms with E-state index in [9.17, 15) is 19.8 Å². The van der Waals surface area contributed by atoms with Crippen LogP contribution in [0.25, 0.3) is 0 Å². The van der Waals surface area contributed by atoms with Crippen molar-refractivity contribution in [1.82, 2.24) is 4.90 Å². The van der Waals surface area contributed by atoms with Gasteiger partial charge in [-0.05, 0) is 56.6 Å². The third kappa shape index (κ3) is 6.30. The molecule has 0 aromatic carbocycles. The summed E-state index contributed by atoms with van der Waals surface area (Å²) in [6.45, 7) is 10.7. The van der Waals surface area contributed by atoms with Crippen molar-refractivity contribution in [2.24, 2.45) is 5.41 Å². The maximum Gasteiger partial charge on any atom is 0.326 e. The lowest BCUT2D eigenvalue weighted by Gasteiger charge is -2.32. The van der Waals surface area contributed by atoms with Crippen molar-refractivity contribution in [2.75, 3.05) is 6.54 Å². The highest BCUT2D eigenvalue weighted by atomic mass is 16.4. The topological polar surface area (TPSA) is 77.8 Å². The molecular formula is C25H35NO4. The van der Waals surface area contributed by atoms with Crippen molar-refractivity contribution in [2.45, 2.75) is 72.4 Å². The Labute approximate surface area is 180 Å². The summed E-state index contributed by atoms with van der Waals surface area (Å²) in [5.74, 6) is -1.47. The van der Waals surface area contributed by atoms with Crippen LogP contribution < -0.4 is 0 Å². The zero-order valence-electron chi connectivity index (χ0n) is 18.8. The molecule has 1 aliphatic carbocycles. The molecule has 30 heavy (non-hydrogen) atoms. The van der Waals surface area contributed by atoms with Gasteiger partial charge in [-0.3, -0.25) is 4.79 Å². The Morgan fingerprint density at radius 3 is 2.50 bits per heavy atom. The molecule has 0 spiro atoms. The van der Waals surface area contributed by atoms with Gasteiger partial charge in [-0.15, -0.1) is 0 Å². The predicted octanol–water partition coefficient (Wildman–Crippen LogP) is 4.56. The van der Waals surface area contributed by atoms with Crippen LogP contribution in [0.2, 0.25) is 0 Å². The molecule has 2 N–H and O–H groups in total. The van der Waals surface area contributed by atoms with Gasteiger partial charge in [-0.25, -0.2) is 4.79 Å². The van der Waals surface area contributed by atoms with Gasteiger partial charge in [0.05, 0.1) is 6.10 Å². The van der Waals surface area contributed by atoms with Crippen LogP contribution in [0.4, 0.5) is 0 Å². The van der Waals surface area contributed by atoms with E-state index in [0.29, 0.717) is 0 Å². The Kier molecular flexibility index (Phi) is 8.02. The molecule has 2 atom stereocenters. The second-order valence-electron chi connectivity index (χ2n) is 9.16. The second-order valence-corrected chi connectivity index (χ2v) is 9.16. The van der Waals surface area contributed by atoms with Gasteiger partial charge in [0.15, 0.2) is 0 Å². The highest BCUT2D eigenvalue weighted by Crippen LogP contribution is 2.40. The van der Waals surface area contributed by atoms with Gasteiger partial charge in [-0.1, -0.05) is 55.4 Å². The molecule has 1 fully saturated rings. The second kappa shape index (κ2) is 10.1. The number of likely N-dealkylation sites (tertiary alicyclic amines) is 1. The number of hydrogen-bond donors (Lipinski definition) is 2. The summed E-state index contributed by atoms with van der Waals surface area (Å²) < 4.78 is 0. The van der Waals surface area contributed by atoms with Crippen LogP contribution in [-0.4, -0.2) is 45.7 Å². The lowest BCUT2D eigenvalue weighted by molar-refractivity contribution is -0.146.